The smallest absolute Gasteiger partial charge is 0.314 e. The van der Waals surface area contributed by atoms with Gasteiger partial charge in [0.15, 0.2) is 0 Å². The second-order valence-electron chi connectivity index (χ2n) is 5.74. The van der Waals surface area contributed by atoms with Crippen LogP contribution in [0.5, 0.6) is 0 Å². The van der Waals surface area contributed by atoms with Gasteiger partial charge in [0.05, 0.1) is 18.0 Å². The number of Topliss-reactive ketones (excluding diaryl/α,β-unsaturated/α-hetero) is 1. The zero-order valence-corrected chi connectivity index (χ0v) is 14.0. The zero-order chi connectivity index (χ0) is 18.4. The first kappa shape index (κ1) is 18.3. The molecule has 0 saturated heterocycles. The molecule has 6 nitrogen and oxygen atoms in total. The molecular formula is C19H19NO5. The third-order valence-corrected chi connectivity index (χ3v) is 4.06. The number of ether oxygens (including phenoxy) is 1. The molecule has 0 radical (unpaired) electrons. The molecule has 2 aromatic carbocycles. The zero-order valence-electron chi connectivity index (χ0n) is 14.0. The van der Waals surface area contributed by atoms with Gasteiger partial charge in [0.1, 0.15) is 5.78 Å². The van der Waals surface area contributed by atoms with Gasteiger partial charge in [-0.1, -0.05) is 48.5 Å². The largest absolute Gasteiger partial charge is 0.469 e. The lowest BCUT2D eigenvalue weighted by molar-refractivity contribution is -0.385. The van der Waals surface area contributed by atoms with Gasteiger partial charge in [0, 0.05) is 24.0 Å². The van der Waals surface area contributed by atoms with Crippen LogP contribution in [0.25, 0.3) is 0 Å². The molecule has 0 saturated carbocycles. The molecule has 0 amide bonds. The Balaban J connectivity index is 2.64. The second kappa shape index (κ2) is 8.19. The third-order valence-electron chi connectivity index (χ3n) is 4.06. The van der Waals surface area contributed by atoms with Crippen LogP contribution < -0.4 is 0 Å². The van der Waals surface area contributed by atoms with Crippen molar-refractivity contribution in [2.75, 3.05) is 7.11 Å². The molecule has 130 valence electrons. The summed E-state index contributed by atoms with van der Waals surface area (Å²) >= 11 is 0. The van der Waals surface area contributed by atoms with Crippen LogP contribution in [0.1, 0.15) is 36.3 Å². The van der Waals surface area contributed by atoms with E-state index < -0.39 is 22.7 Å². The highest BCUT2D eigenvalue weighted by atomic mass is 16.6. The predicted molar refractivity (Wildman–Crippen MR) is 92.3 cm³/mol. The van der Waals surface area contributed by atoms with Gasteiger partial charge in [-0.2, -0.15) is 0 Å². The first-order valence-corrected chi connectivity index (χ1v) is 7.81. The van der Waals surface area contributed by atoms with Gasteiger partial charge in [-0.25, -0.2) is 0 Å². The average molecular weight is 341 g/mol. The standard InChI is InChI=1S/C19H19NO5/c1-13(21)12-16(14-8-4-3-5-9-14)18(19(22)25-2)15-10-6-7-11-17(15)20(23)24/h3-11,16,18H,12H2,1-2H3. The van der Waals surface area contributed by atoms with Crippen LogP contribution in [-0.2, 0) is 14.3 Å². The summed E-state index contributed by atoms with van der Waals surface area (Å²) in [4.78, 5) is 35.2. The Hall–Kier alpha value is -3.02. The van der Waals surface area contributed by atoms with E-state index in [0.717, 1.165) is 5.56 Å². The van der Waals surface area contributed by atoms with Crippen LogP contribution in [0.2, 0.25) is 0 Å². The van der Waals surface area contributed by atoms with Crippen LogP contribution in [0.15, 0.2) is 54.6 Å². The number of carbonyl (C=O) groups is 2. The number of carbonyl (C=O) groups excluding carboxylic acids is 2. The van der Waals surface area contributed by atoms with Gasteiger partial charge in [0.2, 0.25) is 0 Å². The van der Waals surface area contributed by atoms with Crippen molar-refractivity contribution in [2.45, 2.75) is 25.2 Å². The molecule has 25 heavy (non-hydrogen) atoms. The maximum atomic E-state index is 12.5. The van der Waals surface area contributed by atoms with Gasteiger partial charge >= 0.3 is 5.97 Å². The Morgan fingerprint density at radius 2 is 1.68 bits per heavy atom. The number of benzene rings is 2. The summed E-state index contributed by atoms with van der Waals surface area (Å²) in [6.45, 7) is 1.43. The Bertz CT molecular complexity index is 772. The Morgan fingerprint density at radius 3 is 2.24 bits per heavy atom. The highest BCUT2D eigenvalue weighted by Gasteiger charge is 2.36. The minimum Gasteiger partial charge on any atom is -0.469 e. The topological polar surface area (TPSA) is 86.5 Å². The second-order valence-corrected chi connectivity index (χ2v) is 5.74. The lowest BCUT2D eigenvalue weighted by Crippen LogP contribution is -2.24. The Labute approximate surface area is 145 Å². The van der Waals surface area contributed by atoms with E-state index >= 15 is 0 Å². The van der Waals surface area contributed by atoms with E-state index in [4.69, 9.17) is 4.74 Å². The van der Waals surface area contributed by atoms with Crippen molar-refractivity contribution in [3.8, 4) is 0 Å². The Morgan fingerprint density at radius 1 is 1.08 bits per heavy atom. The summed E-state index contributed by atoms with van der Waals surface area (Å²) in [6, 6.07) is 15.1. The number of ketones is 1. The number of para-hydroxylation sites is 1. The van der Waals surface area contributed by atoms with E-state index in [1.54, 1.807) is 36.4 Å². The summed E-state index contributed by atoms with van der Waals surface area (Å²) in [5.74, 6) is -2.21. The lowest BCUT2D eigenvalue weighted by atomic mass is 9.78. The average Bonchev–Trinajstić information content (AvgIpc) is 2.61. The number of methoxy groups -OCH3 is 1. The van der Waals surface area contributed by atoms with E-state index in [2.05, 4.69) is 0 Å². The molecule has 0 spiro atoms. The molecule has 2 rings (SSSR count). The molecule has 2 aromatic rings. The molecule has 0 aliphatic heterocycles. The maximum absolute atomic E-state index is 12.5. The summed E-state index contributed by atoms with van der Waals surface area (Å²) < 4.78 is 4.91. The fourth-order valence-corrected chi connectivity index (χ4v) is 2.99. The number of nitro benzene ring substituents is 1. The normalized spacial score (nSPS) is 12.9. The van der Waals surface area contributed by atoms with Gasteiger partial charge in [-0.3, -0.25) is 14.9 Å². The van der Waals surface area contributed by atoms with Crippen molar-refractivity contribution < 1.29 is 19.2 Å². The molecule has 0 bridgehead atoms. The van der Waals surface area contributed by atoms with Crippen LogP contribution in [0, 0.1) is 10.1 Å². The van der Waals surface area contributed by atoms with Gasteiger partial charge in [-0.15, -0.1) is 0 Å². The van der Waals surface area contributed by atoms with Crippen molar-refractivity contribution in [1.82, 2.24) is 0 Å². The number of hydrogen-bond acceptors (Lipinski definition) is 5. The molecule has 0 N–H and O–H groups in total. The fraction of sp³-hybridized carbons (Fsp3) is 0.263. The van der Waals surface area contributed by atoms with Crippen molar-refractivity contribution in [3.63, 3.8) is 0 Å². The third kappa shape index (κ3) is 4.29. The fourth-order valence-electron chi connectivity index (χ4n) is 2.99. The van der Waals surface area contributed by atoms with Gasteiger partial charge < -0.3 is 9.53 Å². The van der Waals surface area contributed by atoms with E-state index in [-0.39, 0.29) is 23.5 Å². The summed E-state index contributed by atoms with van der Waals surface area (Å²) in [5.41, 5.74) is 0.836. The van der Waals surface area contributed by atoms with Crippen molar-refractivity contribution in [3.05, 3.63) is 75.8 Å². The van der Waals surface area contributed by atoms with E-state index in [1.807, 2.05) is 6.07 Å². The molecule has 0 aliphatic rings. The lowest BCUT2D eigenvalue weighted by Gasteiger charge is -2.25. The van der Waals surface area contributed by atoms with Crippen molar-refractivity contribution in [1.29, 1.82) is 0 Å². The van der Waals surface area contributed by atoms with Crippen LogP contribution in [-0.4, -0.2) is 23.8 Å². The number of hydrogen-bond donors (Lipinski definition) is 0. The van der Waals surface area contributed by atoms with E-state index in [1.165, 1.54) is 26.2 Å². The van der Waals surface area contributed by atoms with E-state index in [0.29, 0.717) is 0 Å². The molecule has 0 aromatic heterocycles. The minimum absolute atomic E-state index is 0.0792. The van der Waals surface area contributed by atoms with Crippen molar-refractivity contribution in [2.24, 2.45) is 0 Å². The number of nitro groups is 1. The molecule has 2 unspecified atom stereocenters. The van der Waals surface area contributed by atoms with E-state index in [9.17, 15) is 19.7 Å². The molecule has 0 aliphatic carbocycles. The summed E-state index contributed by atoms with van der Waals surface area (Å²) in [5, 5.41) is 11.4. The molecule has 0 heterocycles. The van der Waals surface area contributed by atoms with Crippen LogP contribution in [0.3, 0.4) is 0 Å². The SMILES string of the molecule is COC(=O)C(c1ccccc1[N+](=O)[O-])C(CC(C)=O)c1ccccc1. The summed E-state index contributed by atoms with van der Waals surface area (Å²) in [7, 11) is 1.24. The summed E-state index contributed by atoms with van der Waals surface area (Å²) in [6.07, 6.45) is 0.0792. The quantitative estimate of drug-likeness (QED) is 0.436. The molecular weight excluding hydrogens is 322 g/mol. The van der Waals surface area contributed by atoms with Gasteiger partial charge in [0.25, 0.3) is 5.69 Å². The molecule has 0 fully saturated rings. The van der Waals surface area contributed by atoms with Crippen LogP contribution in [0.4, 0.5) is 5.69 Å². The highest BCUT2D eigenvalue weighted by molar-refractivity contribution is 5.84. The highest BCUT2D eigenvalue weighted by Crippen LogP contribution is 2.40. The van der Waals surface area contributed by atoms with Crippen molar-refractivity contribution >= 4 is 17.4 Å². The number of esters is 1. The molecule has 2 atom stereocenters. The first-order valence-electron chi connectivity index (χ1n) is 7.81. The maximum Gasteiger partial charge on any atom is 0.314 e. The number of nitrogens with zero attached hydrogens (tertiary/aromatic N) is 1. The monoisotopic (exact) mass is 341 g/mol. The van der Waals surface area contributed by atoms with Crippen LogP contribution >= 0.6 is 0 Å². The molecule has 6 heteroatoms. The number of rotatable bonds is 7. The van der Waals surface area contributed by atoms with Gasteiger partial charge in [-0.05, 0) is 12.5 Å². The first-order chi connectivity index (χ1) is 12.0. The Kier molecular flexibility index (Phi) is 6.00. The predicted octanol–water partition coefficient (Wildman–Crippen LogP) is 3.61. The minimum atomic E-state index is -0.946.